The van der Waals surface area contributed by atoms with Crippen LogP contribution in [0.1, 0.15) is 17.4 Å². The Bertz CT molecular complexity index is 787. The van der Waals surface area contributed by atoms with Crippen LogP contribution >= 0.6 is 50.1 Å². The second kappa shape index (κ2) is 5.67. The number of hydrogen-bond donors (Lipinski definition) is 1. The first kappa shape index (κ1) is 14.4. The zero-order valence-corrected chi connectivity index (χ0v) is 14.7. The highest BCUT2D eigenvalue weighted by Gasteiger charge is 2.17. The van der Waals surface area contributed by atoms with E-state index in [0.717, 1.165) is 30.3 Å². The summed E-state index contributed by atoms with van der Waals surface area (Å²) in [7, 11) is 0. The zero-order valence-electron chi connectivity index (χ0n) is 10.2. The molecule has 2 aromatic carbocycles. The van der Waals surface area contributed by atoms with Crippen molar-refractivity contribution in [1.29, 1.82) is 0 Å². The van der Waals surface area contributed by atoms with E-state index in [1.807, 2.05) is 42.5 Å². The second-order valence-electron chi connectivity index (χ2n) is 4.47. The van der Waals surface area contributed by atoms with Crippen LogP contribution in [0.5, 0.6) is 0 Å². The van der Waals surface area contributed by atoms with Crippen LogP contribution < -0.4 is 5.73 Å². The first-order chi connectivity index (χ1) is 9.54. The zero-order chi connectivity index (χ0) is 14.3. The number of rotatable bonds is 2. The van der Waals surface area contributed by atoms with Crippen molar-refractivity contribution in [3.05, 3.63) is 66.9 Å². The van der Waals surface area contributed by atoms with E-state index < -0.39 is 0 Å². The molecule has 1 heterocycles. The number of nitrogens with two attached hydrogens (primary N) is 1. The van der Waals surface area contributed by atoms with Gasteiger partial charge in [0.2, 0.25) is 0 Å². The van der Waals surface area contributed by atoms with Gasteiger partial charge < -0.3 is 10.2 Å². The first-order valence-electron chi connectivity index (χ1n) is 5.94. The molecule has 0 aliphatic rings. The number of halogens is 3. The van der Waals surface area contributed by atoms with Gasteiger partial charge in [-0.15, -0.1) is 0 Å². The summed E-state index contributed by atoms with van der Waals surface area (Å²) in [5.41, 5.74) is 8.16. The second-order valence-corrected chi connectivity index (χ2v) is 6.99. The molecule has 0 fully saturated rings. The fourth-order valence-electron chi connectivity index (χ4n) is 2.09. The van der Waals surface area contributed by atoms with Crippen molar-refractivity contribution in [3.63, 3.8) is 0 Å². The Hall–Kier alpha value is -0.560. The summed E-state index contributed by atoms with van der Waals surface area (Å²) in [5, 5.41) is 1.66. The molecule has 1 aromatic heterocycles. The maximum atomic E-state index is 6.34. The molecule has 0 bridgehead atoms. The van der Waals surface area contributed by atoms with Crippen molar-refractivity contribution in [2.24, 2.45) is 5.73 Å². The molecule has 2 nitrogen and oxygen atoms in total. The van der Waals surface area contributed by atoms with Crippen molar-refractivity contribution in [2.45, 2.75) is 6.04 Å². The molecule has 5 heteroatoms. The summed E-state index contributed by atoms with van der Waals surface area (Å²) in [4.78, 5) is 0. The highest BCUT2D eigenvalue weighted by molar-refractivity contribution is 14.1. The van der Waals surface area contributed by atoms with E-state index in [4.69, 9.17) is 21.8 Å². The number of fused-ring (bicyclic) bond motifs is 1. The molecule has 1 atom stereocenters. The van der Waals surface area contributed by atoms with Gasteiger partial charge in [0.15, 0.2) is 0 Å². The van der Waals surface area contributed by atoms with E-state index in [-0.39, 0.29) is 6.04 Å². The van der Waals surface area contributed by atoms with Crippen LogP contribution in [0.4, 0.5) is 0 Å². The van der Waals surface area contributed by atoms with Crippen LogP contribution in [-0.4, -0.2) is 0 Å². The van der Waals surface area contributed by atoms with Gasteiger partial charge in [-0.2, -0.15) is 0 Å². The van der Waals surface area contributed by atoms with Crippen molar-refractivity contribution in [1.82, 2.24) is 0 Å². The molecule has 0 saturated heterocycles. The van der Waals surface area contributed by atoms with Gasteiger partial charge in [0.25, 0.3) is 0 Å². The normalized spacial score (nSPS) is 12.8. The minimum atomic E-state index is -0.300. The number of furan rings is 1. The molecular weight excluding hydrogens is 452 g/mol. The van der Waals surface area contributed by atoms with Crippen molar-refractivity contribution in [2.75, 3.05) is 0 Å². The largest absolute Gasteiger partial charge is 0.459 e. The van der Waals surface area contributed by atoms with Gasteiger partial charge in [-0.1, -0.05) is 27.5 Å². The van der Waals surface area contributed by atoms with Gasteiger partial charge >= 0.3 is 0 Å². The van der Waals surface area contributed by atoms with Crippen LogP contribution in [0, 0.1) is 3.57 Å². The Balaban J connectivity index is 2.07. The molecule has 3 aromatic rings. The molecule has 0 saturated carbocycles. The summed E-state index contributed by atoms with van der Waals surface area (Å²) in [6, 6.07) is 13.2. The molecule has 20 heavy (non-hydrogen) atoms. The van der Waals surface area contributed by atoms with E-state index in [2.05, 4.69) is 38.5 Å². The Morgan fingerprint density at radius 3 is 2.75 bits per heavy atom. The summed E-state index contributed by atoms with van der Waals surface area (Å²) in [6.07, 6.45) is 0. The van der Waals surface area contributed by atoms with Gasteiger partial charge in [-0.05, 0) is 70.6 Å². The maximum Gasteiger partial charge on any atom is 0.134 e. The molecule has 0 aliphatic heterocycles. The van der Waals surface area contributed by atoms with E-state index in [9.17, 15) is 0 Å². The molecule has 0 spiro atoms. The highest BCUT2D eigenvalue weighted by Crippen LogP contribution is 2.31. The smallest absolute Gasteiger partial charge is 0.134 e. The number of benzene rings is 2. The molecule has 0 radical (unpaired) electrons. The van der Waals surface area contributed by atoms with E-state index >= 15 is 0 Å². The fourth-order valence-corrected chi connectivity index (χ4v) is 3.32. The van der Waals surface area contributed by atoms with Crippen molar-refractivity contribution in [3.8, 4) is 0 Å². The molecule has 0 amide bonds. The van der Waals surface area contributed by atoms with Crippen LogP contribution in [0.15, 0.2) is 51.4 Å². The Morgan fingerprint density at radius 1 is 1.15 bits per heavy atom. The van der Waals surface area contributed by atoms with Gasteiger partial charge in [-0.25, -0.2) is 0 Å². The van der Waals surface area contributed by atoms with Crippen molar-refractivity contribution < 1.29 is 4.42 Å². The summed E-state index contributed by atoms with van der Waals surface area (Å²) in [5.74, 6) is 0.735. The molecule has 3 rings (SSSR count). The third kappa shape index (κ3) is 2.74. The Kier molecular flexibility index (Phi) is 4.08. The SMILES string of the molecule is NC(c1cc2cc(Cl)ccc2o1)c1cc(Br)ccc1I. The monoisotopic (exact) mass is 461 g/mol. The third-order valence-corrected chi connectivity index (χ3v) is 4.81. The lowest BCUT2D eigenvalue weighted by Gasteiger charge is -2.11. The topological polar surface area (TPSA) is 39.2 Å². The lowest BCUT2D eigenvalue weighted by atomic mass is 10.1. The Labute approximate surface area is 143 Å². The molecule has 0 aliphatic carbocycles. The van der Waals surface area contributed by atoms with Crippen LogP contribution in [0.3, 0.4) is 0 Å². The average molecular weight is 463 g/mol. The lowest BCUT2D eigenvalue weighted by Crippen LogP contribution is -2.12. The minimum Gasteiger partial charge on any atom is -0.459 e. The quantitative estimate of drug-likeness (QED) is 0.511. The number of hydrogen-bond acceptors (Lipinski definition) is 2. The van der Waals surface area contributed by atoms with Crippen LogP contribution in [0.25, 0.3) is 11.0 Å². The predicted octanol–water partition coefficient (Wildman–Crippen LogP) is 5.50. The summed E-state index contributed by atoms with van der Waals surface area (Å²) in [6.45, 7) is 0. The van der Waals surface area contributed by atoms with Crippen LogP contribution in [-0.2, 0) is 0 Å². The van der Waals surface area contributed by atoms with E-state index in [1.165, 1.54) is 0 Å². The van der Waals surface area contributed by atoms with Gasteiger partial charge in [-0.3, -0.25) is 0 Å². The third-order valence-electron chi connectivity index (χ3n) is 3.10. The molecule has 102 valence electrons. The minimum absolute atomic E-state index is 0.300. The first-order valence-corrected chi connectivity index (χ1v) is 8.19. The Morgan fingerprint density at radius 2 is 1.95 bits per heavy atom. The molecule has 2 N–H and O–H groups in total. The van der Waals surface area contributed by atoms with Gasteiger partial charge in [0, 0.05) is 18.5 Å². The van der Waals surface area contributed by atoms with Crippen molar-refractivity contribution >= 4 is 61.1 Å². The lowest BCUT2D eigenvalue weighted by molar-refractivity contribution is 0.524. The molecule has 1 unspecified atom stereocenters. The molecular formula is C15H10BrClINO. The summed E-state index contributed by atoms with van der Waals surface area (Å²) >= 11 is 11.7. The van der Waals surface area contributed by atoms with Gasteiger partial charge in [0.1, 0.15) is 11.3 Å². The van der Waals surface area contributed by atoms with Crippen LogP contribution in [0.2, 0.25) is 5.02 Å². The highest BCUT2D eigenvalue weighted by atomic mass is 127. The fraction of sp³-hybridized carbons (Fsp3) is 0.0667. The summed E-state index contributed by atoms with van der Waals surface area (Å²) < 4.78 is 7.94. The average Bonchev–Trinajstić information content (AvgIpc) is 2.83. The van der Waals surface area contributed by atoms with E-state index in [1.54, 1.807) is 0 Å². The maximum absolute atomic E-state index is 6.34. The van der Waals surface area contributed by atoms with Gasteiger partial charge in [0.05, 0.1) is 6.04 Å². The predicted molar refractivity (Wildman–Crippen MR) is 94.1 cm³/mol. The standard InChI is InChI=1S/C15H10BrClINO/c16-9-1-3-12(18)11(7-9)15(19)14-6-8-5-10(17)2-4-13(8)20-14/h1-7,15H,19H2. The van der Waals surface area contributed by atoms with E-state index in [0.29, 0.717) is 5.02 Å².